The van der Waals surface area contributed by atoms with Crippen LogP contribution in [0.15, 0.2) is 18.2 Å². The molecule has 1 aromatic carbocycles. The van der Waals surface area contributed by atoms with Gasteiger partial charge in [0, 0.05) is 12.0 Å². The third-order valence-electron chi connectivity index (χ3n) is 4.75. The molecule has 0 aromatic heterocycles. The minimum atomic E-state index is 0.252. The van der Waals surface area contributed by atoms with Crippen LogP contribution >= 0.6 is 0 Å². The molecule has 2 aliphatic heterocycles. The topological polar surface area (TPSA) is 35.2 Å². The summed E-state index contributed by atoms with van der Waals surface area (Å²) >= 11 is 0. The molecule has 98 valence electrons. The van der Waals surface area contributed by atoms with E-state index in [1.165, 1.54) is 36.0 Å². The lowest BCUT2D eigenvalue weighted by Crippen LogP contribution is -2.37. The standard InChI is InChI=1S/C16H23NO/c1-10-3-4-12(7-11(10)2)8-15(17)14-9-13-5-6-16(14)18-13/h3-4,7,13-16H,5-6,8-9,17H2,1-2H3. The Labute approximate surface area is 110 Å². The van der Waals surface area contributed by atoms with Crippen molar-refractivity contribution in [3.05, 3.63) is 34.9 Å². The van der Waals surface area contributed by atoms with Gasteiger partial charge >= 0.3 is 0 Å². The van der Waals surface area contributed by atoms with Gasteiger partial charge in [0.15, 0.2) is 0 Å². The van der Waals surface area contributed by atoms with Gasteiger partial charge in [0.2, 0.25) is 0 Å². The highest BCUT2D eigenvalue weighted by atomic mass is 16.5. The molecule has 4 atom stereocenters. The minimum Gasteiger partial charge on any atom is -0.375 e. The van der Waals surface area contributed by atoms with Crippen LogP contribution < -0.4 is 5.73 Å². The smallest absolute Gasteiger partial charge is 0.0623 e. The molecule has 2 heteroatoms. The van der Waals surface area contributed by atoms with Crippen LogP contribution in [0.2, 0.25) is 0 Å². The Bertz CT molecular complexity index is 443. The van der Waals surface area contributed by atoms with E-state index in [-0.39, 0.29) is 6.04 Å². The summed E-state index contributed by atoms with van der Waals surface area (Å²) in [5.41, 5.74) is 10.5. The number of hydrogen-bond donors (Lipinski definition) is 1. The van der Waals surface area contributed by atoms with Gasteiger partial charge in [-0.3, -0.25) is 0 Å². The SMILES string of the molecule is Cc1ccc(CC(N)C2CC3CCC2O3)cc1C. The Kier molecular flexibility index (Phi) is 3.16. The van der Waals surface area contributed by atoms with Gasteiger partial charge in [-0.15, -0.1) is 0 Å². The van der Waals surface area contributed by atoms with Crippen LogP contribution in [0.5, 0.6) is 0 Å². The molecular formula is C16H23NO. The maximum atomic E-state index is 6.41. The maximum absolute atomic E-state index is 6.41. The molecule has 0 aliphatic carbocycles. The lowest BCUT2D eigenvalue weighted by molar-refractivity contribution is 0.0885. The van der Waals surface area contributed by atoms with Gasteiger partial charge in [-0.05, 0) is 56.2 Å². The Morgan fingerprint density at radius 2 is 2.11 bits per heavy atom. The normalized spacial score (nSPS) is 31.8. The number of aryl methyl sites for hydroxylation is 2. The molecule has 18 heavy (non-hydrogen) atoms. The van der Waals surface area contributed by atoms with Crippen LogP contribution in [-0.2, 0) is 11.2 Å². The van der Waals surface area contributed by atoms with Gasteiger partial charge < -0.3 is 10.5 Å². The van der Waals surface area contributed by atoms with E-state index in [2.05, 4.69) is 32.0 Å². The van der Waals surface area contributed by atoms with E-state index in [0.717, 1.165) is 6.42 Å². The summed E-state index contributed by atoms with van der Waals surface area (Å²) in [6, 6.07) is 6.95. The molecule has 0 spiro atoms. The zero-order valence-electron chi connectivity index (χ0n) is 11.4. The van der Waals surface area contributed by atoms with Gasteiger partial charge in [-0.2, -0.15) is 0 Å². The van der Waals surface area contributed by atoms with Crippen molar-refractivity contribution in [1.82, 2.24) is 0 Å². The molecule has 3 rings (SSSR count). The van der Waals surface area contributed by atoms with Crippen molar-refractivity contribution in [1.29, 1.82) is 0 Å². The molecule has 2 aliphatic rings. The average Bonchev–Trinajstić information content (AvgIpc) is 2.96. The Morgan fingerprint density at radius 1 is 1.28 bits per heavy atom. The zero-order chi connectivity index (χ0) is 12.7. The molecule has 2 heterocycles. The van der Waals surface area contributed by atoms with E-state index in [0.29, 0.717) is 18.1 Å². The molecule has 0 saturated carbocycles. The Hall–Kier alpha value is -0.860. The van der Waals surface area contributed by atoms with Crippen molar-refractivity contribution in [3.8, 4) is 0 Å². The molecular weight excluding hydrogens is 222 g/mol. The highest BCUT2D eigenvalue weighted by Crippen LogP contribution is 2.40. The quantitative estimate of drug-likeness (QED) is 0.888. The van der Waals surface area contributed by atoms with Crippen LogP contribution in [0.25, 0.3) is 0 Å². The highest BCUT2D eigenvalue weighted by Gasteiger charge is 2.43. The van der Waals surface area contributed by atoms with Gasteiger partial charge in [-0.25, -0.2) is 0 Å². The monoisotopic (exact) mass is 245 g/mol. The number of fused-ring (bicyclic) bond motifs is 2. The van der Waals surface area contributed by atoms with E-state index >= 15 is 0 Å². The fourth-order valence-electron chi connectivity index (χ4n) is 3.48. The first-order valence-corrected chi connectivity index (χ1v) is 7.10. The number of nitrogens with two attached hydrogens (primary N) is 1. The van der Waals surface area contributed by atoms with E-state index < -0.39 is 0 Å². The van der Waals surface area contributed by atoms with Gasteiger partial charge in [-0.1, -0.05) is 18.2 Å². The number of rotatable bonds is 3. The third-order valence-corrected chi connectivity index (χ3v) is 4.75. The van der Waals surface area contributed by atoms with E-state index in [1.807, 2.05) is 0 Å². The summed E-state index contributed by atoms with van der Waals surface area (Å²) in [7, 11) is 0. The number of hydrogen-bond acceptors (Lipinski definition) is 2. The fraction of sp³-hybridized carbons (Fsp3) is 0.625. The third kappa shape index (κ3) is 2.19. The van der Waals surface area contributed by atoms with Crippen LogP contribution in [0, 0.1) is 19.8 Å². The molecule has 2 fully saturated rings. The molecule has 2 saturated heterocycles. The van der Waals surface area contributed by atoms with Gasteiger partial charge in [0.1, 0.15) is 0 Å². The van der Waals surface area contributed by atoms with Crippen LogP contribution in [0.3, 0.4) is 0 Å². The van der Waals surface area contributed by atoms with Crippen molar-refractivity contribution < 1.29 is 4.74 Å². The van der Waals surface area contributed by atoms with Crippen LogP contribution in [0.4, 0.5) is 0 Å². The van der Waals surface area contributed by atoms with Crippen molar-refractivity contribution >= 4 is 0 Å². The predicted octanol–water partition coefficient (Wildman–Crippen LogP) is 2.74. The first-order chi connectivity index (χ1) is 8.63. The fourth-order valence-corrected chi connectivity index (χ4v) is 3.48. The van der Waals surface area contributed by atoms with E-state index in [9.17, 15) is 0 Å². The zero-order valence-corrected chi connectivity index (χ0v) is 11.4. The van der Waals surface area contributed by atoms with Crippen molar-refractivity contribution in [3.63, 3.8) is 0 Å². The van der Waals surface area contributed by atoms with Crippen LogP contribution in [-0.4, -0.2) is 18.2 Å². The summed E-state index contributed by atoms with van der Waals surface area (Å²) in [5, 5.41) is 0. The second kappa shape index (κ2) is 4.67. The van der Waals surface area contributed by atoms with Gasteiger partial charge in [0.05, 0.1) is 12.2 Å². The summed E-state index contributed by atoms with van der Waals surface area (Å²) < 4.78 is 5.91. The van der Waals surface area contributed by atoms with Gasteiger partial charge in [0.25, 0.3) is 0 Å². The van der Waals surface area contributed by atoms with Crippen molar-refractivity contribution in [2.24, 2.45) is 11.7 Å². The largest absolute Gasteiger partial charge is 0.375 e. The first kappa shape index (κ1) is 12.2. The summed E-state index contributed by atoms with van der Waals surface area (Å²) in [6.07, 6.45) is 5.57. The molecule has 2 nitrogen and oxygen atoms in total. The van der Waals surface area contributed by atoms with Crippen molar-refractivity contribution in [2.45, 2.75) is 57.8 Å². The second-order valence-corrected chi connectivity index (χ2v) is 6.06. The lowest BCUT2D eigenvalue weighted by atomic mass is 9.82. The summed E-state index contributed by atoms with van der Waals surface area (Å²) in [4.78, 5) is 0. The molecule has 4 unspecified atom stereocenters. The number of ether oxygens (including phenoxy) is 1. The minimum absolute atomic E-state index is 0.252. The number of benzene rings is 1. The molecule has 0 radical (unpaired) electrons. The van der Waals surface area contributed by atoms with E-state index in [1.54, 1.807) is 0 Å². The summed E-state index contributed by atoms with van der Waals surface area (Å²) in [6.45, 7) is 4.33. The molecule has 2 N–H and O–H groups in total. The molecule has 0 amide bonds. The lowest BCUT2D eigenvalue weighted by Gasteiger charge is -2.25. The Balaban J connectivity index is 1.67. The average molecular weight is 245 g/mol. The van der Waals surface area contributed by atoms with E-state index in [4.69, 9.17) is 10.5 Å². The molecule has 1 aromatic rings. The molecule has 2 bridgehead atoms. The first-order valence-electron chi connectivity index (χ1n) is 7.10. The highest BCUT2D eigenvalue weighted by molar-refractivity contribution is 5.30. The van der Waals surface area contributed by atoms with Crippen LogP contribution in [0.1, 0.15) is 36.0 Å². The Morgan fingerprint density at radius 3 is 2.72 bits per heavy atom. The second-order valence-electron chi connectivity index (χ2n) is 6.06. The van der Waals surface area contributed by atoms with Crippen molar-refractivity contribution in [2.75, 3.05) is 0 Å². The maximum Gasteiger partial charge on any atom is 0.0623 e. The summed E-state index contributed by atoms with van der Waals surface area (Å²) in [5.74, 6) is 0.574. The predicted molar refractivity (Wildman–Crippen MR) is 73.6 cm³/mol.